The second-order valence-electron chi connectivity index (χ2n) is 5.65. The van der Waals surface area contributed by atoms with Gasteiger partial charge in [-0.05, 0) is 38.9 Å². The zero-order chi connectivity index (χ0) is 15.9. The van der Waals surface area contributed by atoms with E-state index in [0.29, 0.717) is 0 Å². The van der Waals surface area contributed by atoms with Crippen molar-refractivity contribution < 1.29 is 0 Å². The lowest BCUT2D eigenvalue weighted by molar-refractivity contribution is 0.0459. The second-order valence-corrected chi connectivity index (χ2v) is 5.65. The van der Waals surface area contributed by atoms with Gasteiger partial charge in [0, 0.05) is 12.6 Å². The molecule has 1 atom stereocenters. The summed E-state index contributed by atoms with van der Waals surface area (Å²) in [6, 6.07) is 0.257. The predicted octanol–water partition coefficient (Wildman–Crippen LogP) is 2.76. The molecule has 1 unspecified atom stereocenters. The van der Waals surface area contributed by atoms with Crippen molar-refractivity contribution >= 4 is 0 Å². The van der Waals surface area contributed by atoms with E-state index >= 15 is 0 Å². The molecule has 1 rings (SSSR count). The van der Waals surface area contributed by atoms with Gasteiger partial charge in [0.15, 0.2) is 0 Å². The lowest BCUT2D eigenvalue weighted by atomic mass is 9.80. The minimum Gasteiger partial charge on any atom is -0.307 e. The zero-order valence-corrected chi connectivity index (χ0v) is 14.7. The molecular weight excluding hydrogens is 262 g/mol. The second kappa shape index (κ2) is 8.49. The van der Waals surface area contributed by atoms with Crippen LogP contribution in [-0.2, 0) is 7.05 Å². The van der Waals surface area contributed by atoms with Crippen LogP contribution in [0.3, 0.4) is 0 Å². The van der Waals surface area contributed by atoms with Gasteiger partial charge in [0.1, 0.15) is 0 Å². The van der Waals surface area contributed by atoms with Crippen molar-refractivity contribution in [2.24, 2.45) is 7.05 Å². The fourth-order valence-electron chi connectivity index (χ4n) is 3.56. The van der Waals surface area contributed by atoms with E-state index in [1.165, 1.54) is 5.69 Å². The highest BCUT2D eigenvalue weighted by atomic mass is 15.4. The van der Waals surface area contributed by atoms with Crippen LogP contribution in [0.1, 0.15) is 65.6 Å². The number of nitrogens with one attached hydrogen (secondary N) is 1. The third kappa shape index (κ3) is 3.64. The summed E-state index contributed by atoms with van der Waals surface area (Å²) in [5.74, 6) is 0. The molecule has 0 amide bonds. The van der Waals surface area contributed by atoms with Crippen molar-refractivity contribution in [3.05, 3.63) is 11.9 Å². The molecule has 0 spiro atoms. The largest absolute Gasteiger partial charge is 0.307 e. The van der Waals surface area contributed by atoms with Gasteiger partial charge in [0.2, 0.25) is 0 Å². The topological polar surface area (TPSA) is 46.0 Å². The molecule has 0 aliphatic heterocycles. The molecular formula is C16H33N5. The van der Waals surface area contributed by atoms with Crippen LogP contribution < -0.4 is 5.32 Å². The molecule has 0 fully saturated rings. The van der Waals surface area contributed by atoms with Gasteiger partial charge in [-0.15, -0.1) is 5.10 Å². The average molecular weight is 295 g/mol. The van der Waals surface area contributed by atoms with Gasteiger partial charge >= 0.3 is 0 Å². The summed E-state index contributed by atoms with van der Waals surface area (Å²) in [7, 11) is 1.99. The van der Waals surface area contributed by atoms with Crippen LogP contribution >= 0.6 is 0 Å². The molecule has 0 aromatic carbocycles. The molecule has 1 aromatic heterocycles. The first-order valence-corrected chi connectivity index (χ1v) is 8.44. The number of aromatic nitrogens is 3. The highest BCUT2D eigenvalue weighted by Gasteiger charge is 2.41. The maximum Gasteiger partial charge on any atom is 0.0772 e. The van der Waals surface area contributed by atoms with Crippen molar-refractivity contribution in [1.82, 2.24) is 25.2 Å². The van der Waals surface area contributed by atoms with E-state index in [9.17, 15) is 0 Å². The van der Waals surface area contributed by atoms with Gasteiger partial charge in [-0.1, -0.05) is 39.8 Å². The molecule has 21 heavy (non-hydrogen) atoms. The number of hydrogen-bond acceptors (Lipinski definition) is 4. The lowest BCUT2D eigenvalue weighted by Crippen LogP contribution is -2.56. The van der Waals surface area contributed by atoms with E-state index < -0.39 is 0 Å². The number of rotatable bonds is 10. The summed E-state index contributed by atoms with van der Waals surface area (Å²) in [5, 5.41) is 12.0. The van der Waals surface area contributed by atoms with Crippen LogP contribution in [0, 0.1) is 0 Å². The lowest BCUT2D eigenvalue weighted by Gasteiger charge is -2.48. The Labute approximate surface area is 130 Å². The molecule has 0 saturated carbocycles. The van der Waals surface area contributed by atoms with Crippen LogP contribution in [0.2, 0.25) is 0 Å². The van der Waals surface area contributed by atoms with Gasteiger partial charge in [-0.25, -0.2) is 0 Å². The molecule has 5 heteroatoms. The number of likely N-dealkylation sites (N-methyl/N-ethyl adjacent to an activating group) is 1. The Morgan fingerprint density at radius 1 is 1.19 bits per heavy atom. The van der Waals surface area contributed by atoms with E-state index in [1.807, 2.05) is 17.9 Å². The van der Waals surface area contributed by atoms with E-state index in [-0.39, 0.29) is 11.6 Å². The van der Waals surface area contributed by atoms with Crippen LogP contribution in [0.15, 0.2) is 6.20 Å². The Morgan fingerprint density at radius 3 is 2.19 bits per heavy atom. The average Bonchev–Trinajstić information content (AvgIpc) is 2.92. The summed E-state index contributed by atoms with van der Waals surface area (Å²) >= 11 is 0. The number of nitrogens with zero attached hydrogens (tertiary/aromatic N) is 4. The van der Waals surface area contributed by atoms with Gasteiger partial charge in [0.25, 0.3) is 0 Å². The Bertz CT molecular complexity index is 393. The number of hydrogen-bond donors (Lipinski definition) is 1. The molecule has 0 aliphatic rings. The summed E-state index contributed by atoms with van der Waals surface area (Å²) in [6.07, 6.45) is 5.26. The summed E-state index contributed by atoms with van der Waals surface area (Å²) < 4.78 is 1.91. The first kappa shape index (κ1) is 18.1. The van der Waals surface area contributed by atoms with Gasteiger partial charge < -0.3 is 5.32 Å². The molecule has 0 bridgehead atoms. The quantitative estimate of drug-likeness (QED) is 0.721. The van der Waals surface area contributed by atoms with Crippen molar-refractivity contribution in [3.63, 3.8) is 0 Å². The standard InChI is InChI=1S/C16H33N5/c1-7-12-17-15(14-13-18-19-20(14)6)16(8-2,9-3)21(10-4)11-5/h13,15,17H,7-12H2,1-6H3. The smallest absolute Gasteiger partial charge is 0.0772 e. The summed E-state index contributed by atoms with van der Waals surface area (Å²) in [4.78, 5) is 2.59. The van der Waals surface area contributed by atoms with E-state index in [4.69, 9.17) is 0 Å². The van der Waals surface area contributed by atoms with E-state index in [1.54, 1.807) is 0 Å². The Kier molecular flexibility index (Phi) is 7.32. The number of aryl methyl sites for hydroxylation is 1. The maximum atomic E-state index is 4.15. The van der Waals surface area contributed by atoms with Crippen LogP contribution in [0.5, 0.6) is 0 Å². The molecule has 0 radical (unpaired) electrons. The first-order chi connectivity index (χ1) is 10.1. The minimum absolute atomic E-state index is 0.105. The highest BCUT2D eigenvalue weighted by Crippen LogP contribution is 2.37. The first-order valence-electron chi connectivity index (χ1n) is 8.44. The monoisotopic (exact) mass is 295 g/mol. The van der Waals surface area contributed by atoms with Gasteiger partial charge in [-0.2, -0.15) is 0 Å². The molecule has 5 nitrogen and oxygen atoms in total. The highest BCUT2D eigenvalue weighted by molar-refractivity contribution is 5.13. The molecule has 0 aliphatic carbocycles. The molecule has 1 heterocycles. The van der Waals surface area contributed by atoms with Gasteiger partial charge in [-0.3, -0.25) is 9.58 Å². The molecule has 1 N–H and O–H groups in total. The normalized spacial score (nSPS) is 13.9. The summed E-state index contributed by atoms with van der Waals surface area (Å²) in [5.41, 5.74) is 1.28. The van der Waals surface area contributed by atoms with Gasteiger partial charge in [0.05, 0.1) is 17.9 Å². The Morgan fingerprint density at radius 2 is 1.81 bits per heavy atom. The molecule has 122 valence electrons. The molecule has 0 saturated heterocycles. The van der Waals surface area contributed by atoms with E-state index in [2.05, 4.69) is 55.1 Å². The van der Waals surface area contributed by atoms with Crippen molar-refractivity contribution in [2.45, 2.75) is 65.5 Å². The van der Waals surface area contributed by atoms with Crippen molar-refractivity contribution in [2.75, 3.05) is 19.6 Å². The minimum atomic E-state index is 0.105. The third-order valence-corrected chi connectivity index (χ3v) is 4.80. The maximum absolute atomic E-state index is 4.15. The summed E-state index contributed by atoms with van der Waals surface area (Å²) in [6.45, 7) is 14.4. The fourth-order valence-corrected chi connectivity index (χ4v) is 3.56. The Balaban J connectivity index is 3.26. The van der Waals surface area contributed by atoms with Crippen LogP contribution in [0.25, 0.3) is 0 Å². The van der Waals surface area contributed by atoms with Crippen LogP contribution in [-0.4, -0.2) is 45.1 Å². The van der Waals surface area contributed by atoms with E-state index in [0.717, 1.165) is 38.9 Å². The Hall–Kier alpha value is -0.940. The van der Waals surface area contributed by atoms with Crippen LogP contribution in [0.4, 0.5) is 0 Å². The SMILES string of the molecule is CCCNC(c1cnnn1C)C(CC)(CC)N(CC)CC. The van der Waals surface area contributed by atoms with Crippen molar-refractivity contribution in [1.29, 1.82) is 0 Å². The van der Waals surface area contributed by atoms with Crippen molar-refractivity contribution in [3.8, 4) is 0 Å². The fraction of sp³-hybridized carbons (Fsp3) is 0.875. The predicted molar refractivity (Wildman–Crippen MR) is 88.3 cm³/mol. The molecule has 1 aromatic rings. The third-order valence-electron chi connectivity index (χ3n) is 4.80. The zero-order valence-electron chi connectivity index (χ0n) is 14.7.